The van der Waals surface area contributed by atoms with Crippen molar-refractivity contribution in [1.82, 2.24) is 10.0 Å². The standard InChI is InChI=1S/C13H20ClFN2O2S2/c1-4-10(8-20-3)17-21(18,19)11-5-9(7-16-2)13(14)12(15)6-11/h5-6,10,16-17H,4,7-8H2,1-3H3. The molecule has 1 aromatic carbocycles. The zero-order valence-electron chi connectivity index (χ0n) is 12.2. The second-order valence-corrected chi connectivity index (χ2v) is 7.59. The molecule has 0 amide bonds. The lowest BCUT2D eigenvalue weighted by molar-refractivity contribution is 0.555. The quantitative estimate of drug-likeness (QED) is 0.753. The van der Waals surface area contributed by atoms with Crippen LogP contribution in [0.4, 0.5) is 4.39 Å². The Kier molecular flexibility index (Phi) is 7.42. The predicted molar refractivity (Wildman–Crippen MR) is 87.0 cm³/mol. The second-order valence-electron chi connectivity index (χ2n) is 4.59. The smallest absolute Gasteiger partial charge is 0.240 e. The van der Waals surface area contributed by atoms with Gasteiger partial charge in [-0.25, -0.2) is 17.5 Å². The molecule has 0 aliphatic carbocycles. The fourth-order valence-corrected chi connectivity index (χ4v) is 4.20. The van der Waals surface area contributed by atoms with Gasteiger partial charge in [0.05, 0.1) is 9.92 Å². The fraction of sp³-hybridized carbons (Fsp3) is 0.538. The summed E-state index contributed by atoms with van der Waals surface area (Å²) < 4.78 is 41.1. The van der Waals surface area contributed by atoms with Crippen LogP contribution in [-0.2, 0) is 16.6 Å². The van der Waals surface area contributed by atoms with Crippen molar-refractivity contribution in [3.8, 4) is 0 Å². The van der Waals surface area contributed by atoms with E-state index in [2.05, 4.69) is 10.0 Å². The Balaban J connectivity index is 3.13. The van der Waals surface area contributed by atoms with E-state index in [0.717, 1.165) is 6.07 Å². The highest BCUT2D eigenvalue weighted by Crippen LogP contribution is 2.24. The molecule has 4 nitrogen and oxygen atoms in total. The number of thioether (sulfide) groups is 1. The first-order valence-corrected chi connectivity index (χ1v) is 9.75. The molecule has 0 saturated carbocycles. The van der Waals surface area contributed by atoms with Crippen molar-refractivity contribution in [2.24, 2.45) is 0 Å². The van der Waals surface area contributed by atoms with E-state index < -0.39 is 15.8 Å². The summed E-state index contributed by atoms with van der Waals surface area (Å²) in [6, 6.07) is 2.17. The van der Waals surface area contributed by atoms with Gasteiger partial charge in [0.1, 0.15) is 5.82 Å². The summed E-state index contributed by atoms with van der Waals surface area (Å²) in [5.74, 6) is -0.0717. The van der Waals surface area contributed by atoms with Crippen LogP contribution in [-0.4, -0.2) is 33.5 Å². The molecule has 0 heterocycles. The van der Waals surface area contributed by atoms with Crippen molar-refractivity contribution >= 4 is 33.4 Å². The molecule has 0 radical (unpaired) electrons. The monoisotopic (exact) mass is 354 g/mol. The first-order valence-electron chi connectivity index (χ1n) is 6.49. The third kappa shape index (κ3) is 5.10. The molecule has 21 heavy (non-hydrogen) atoms. The van der Waals surface area contributed by atoms with E-state index in [1.807, 2.05) is 13.2 Å². The first kappa shape index (κ1) is 18.7. The zero-order valence-corrected chi connectivity index (χ0v) is 14.6. The van der Waals surface area contributed by atoms with Crippen LogP contribution in [0.3, 0.4) is 0 Å². The summed E-state index contributed by atoms with van der Waals surface area (Å²) in [7, 11) is -2.08. The fourth-order valence-electron chi connectivity index (χ4n) is 1.82. The number of sulfonamides is 1. The minimum atomic E-state index is -3.76. The molecule has 0 aromatic heterocycles. The lowest BCUT2D eigenvalue weighted by Gasteiger charge is -2.17. The van der Waals surface area contributed by atoms with Gasteiger partial charge in [-0.05, 0) is 37.4 Å². The molecule has 1 aromatic rings. The molecule has 1 atom stereocenters. The summed E-state index contributed by atoms with van der Waals surface area (Å²) in [4.78, 5) is -0.103. The third-order valence-corrected chi connectivity index (χ3v) is 5.60. The highest BCUT2D eigenvalue weighted by Gasteiger charge is 2.21. The van der Waals surface area contributed by atoms with E-state index in [1.54, 1.807) is 18.8 Å². The van der Waals surface area contributed by atoms with Gasteiger partial charge in [0.2, 0.25) is 10.0 Å². The number of hydrogen-bond acceptors (Lipinski definition) is 4. The third-order valence-electron chi connectivity index (χ3n) is 2.94. The van der Waals surface area contributed by atoms with E-state index in [0.29, 0.717) is 24.3 Å². The van der Waals surface area contributed by atoms with Gasteiger partial charge in [-0.15, -0.1) is 0 Å². The van der Waals surface area contributed by atoms with Gasteiger partial charge in [0, 0.05) is 18.3 Å². The normalized spacial score (nSPS) is 13.4. The topological polar surface area (TPSA) is 58.2 Å². The van der Waals surface area contributed by atoms with Crippen molar-refractivity contribution < 1.29 is 12.8 Å². The Morgan fingerprint density at radius 3 is 2.62 bits per heavy atom. The van der Waals surface area contributed by atoms with E-state index in [9.17, 15) is 12.8 Å². The first-order chi connectivity index (χ1) is 9.85. The van der Waals surface area contributed by atoms with E-state index >= 15 is 0 Å². The van der Waals surface area contributed by atoms with Gasteiger partial charge in [-0.3, -0.25) is 0 Å². The number of nitrogens with one attached hydrogen (secondary N) is 2. The van der Waals surface area contributed by atoms with Crippen LogP contribution in [0.25, 0.3) is 0 Å². The molecule has 120 valence electrons. The molecule has 1 rings (SSSR count). The molecular formula is C13H20ClFN2O2S2. The average Bonchev–Trinajstić information content (AvgIpc) is 2.43. The molecule has 0 spiro atoms. The molecule has 0 aliphatic heterocycles. The Hall–Kier alpha value is -0.340. The summed E-state index contributed by atoms with van der Waals surface area (Å²) >= 11 is 7.40. The van der Waals surface area contributed by atoms with Crippen molar-refractivity contribution in [2.45, 2.75) is 30.8 Å². The van der Waals surface area contributed by atoms with Gasteiger partial charge in [-0.2, -0.15) is 11.8 Å². The zero-order chi connectivity index (χ0) is 16.0. The number of rotatable bonds is 8. The van der Waals surface area contributed by atoms with Crippen LogP contribution in [0.15, 0.2) is 17.0 Å². The van der Waals surface area contributed by atoms with E-state index in [1.165, 1.54) is 6.07 Å². The lowest BCUT2D eigenvalue weighted by atomic mass is 10.2. The SMILES string of the molecule is CCC(CSC)NS(=O)(=O)c1cc(F)c(Cl)c(CNC)c1. The molecule has 0 fully saturated rings. The van der Waals surface area contributed by atoms with Crippen LogP contribution in [0, 0.1) is 5.82 Å². The van der Waals surface area contributed by atoms with E-state index in [-0.39, 0.29) is 16.0 Å². The van der Waals surface area contributed by atoms with Crippen molar-refractivity contribution in [2.75, 3.05) is 19.1 Å². The maximum atomic E-state index is 13.8. The summed E-state index contributed by atoms with van der Waals surface area (Å²) in [5, 5.41) is 2.78. The second kappa shape index (κ2) is 8.33. The van der Waals surface area contributed by atoms with Gasteiger partial charge in [-0.1, -0.05) is 18.5 Å². The van der Waals surface area contributed by atoms with Gasteiger partial charge in [0.15, 0.2) is 0 Å². The lowest BCUT2D eigenvalue weighted by Crippen LogP contribution is -2.36. The number of benzene rings is 1. The number of hydrogen-bond donors (Lipinski definition) is 2. The van der Waals surface area contributed by atoms with Crippen LogP contribution in [0.1, 0.15) is 18.9 Å². The molecule has 8 heteroatoms. The molecule has 0 bridgehead atoms. The van der Waals surface area contributed by atoms with Gasteiger partial charge in [0.25, 0.3) is 0 Å². The largest absolute Gasteiger partial charge is 0.316 e. The average molecular weight is 355 g/mol. The van der Waals surface area contributed by atoms with Crippen LogP contribution < -0.4 is 10.0 Å². The Bertz CT molecular complexity index is 582. The summed E-state index contributed by atoms with van der Waals surface area (Å²) in [6.45, 7) is 2.19. The summed E-state index contributed by atoms with van der Waals surface area (Å²) in [5.41, 5.74) is 0.414. The minimum Gasteiger partial charge on any atom is -0.316 e. The Morgan fingerprint density at radius 2 is 2.10 bits per heavy atom. The number of halogens is 2. The van der Waals surface area contributed by atoms with Crippen LogP contribution in [0.5, 0.6) is 0 Å². The molecule has 1 unspecified atom stereocenters. The molecule has 0 aliphatic rings. The molecule has 0 saturated heterocycles. The maximum Gasteiger partial charge on any atom is 0.240 e. The Morgan fingerprint density at radius 1 is 1.43 bits per heavy atom. The van der Waals surface area contributed by atoms with Crippen LogP contribution >= 0.6 is 23.4 Å². The Labute approximate surface area is 134 Å². The summed E-state index contributed by atoms with van der Waals surface area (Å²) in [6.07, 6.45) is 2.57. The molecular weight excluding hydrogens is 335 g/mol. The highest BCUT2D eigenvalue weighted by atomic mass is 35.5. The van der Waals surface area contributed by atoms with Gasteiger partial charge >= 0.3 is 0 Å². The highest BCUT2D eigenvalue weighted by molar-refractivity contribution is 7.98. The predicted octanol–water partition coefficient (Wildman–Crippen LogP) is 2.62. The van der Waals surface area contributed by atoms with Crippen molar-refractivity contribution in [3.05, 3.63) is 28.5 Å². The molecule has 2 N–H and O–H groups in total. The minimum absolute atomic E-state index is 0.0561. The van der Waals surface area contributed by atoms with Crippen molar-refractivity contribution in [1.29, 1.82) is 0 Å². The van der Waals surface area contributed by atoms with Gasteiger partial charge < -0.3 is 5.32 Å². The van der Waals surface area contributed by atoms with Crippen molar-refractivity contribution in [3.63, 3.8) is 0 Å². The van der Waals surface area contributed by atoms with E-state index in [4.69, 9.17) is 11.6 Å². The maximum absolute atomic E-state index is 13.8. The van der Waals surface area contributed by atoms with Crippen LogP contribution in [0.2, 0.25) is 5.02 Å².